The highest BCUT2D eigenvalue weighted by molar-refractivity contribution is 5.79. The average molecular weight is 377 g/mol. The molecule has 0 bridgehead atoms. The lowest BCUT2D eigenvalue weighted by Gasteiger charge is -2.20. The highest BCUT2D eigenvalue weighted by atomic mass is 16.5. The molecular weight excluding hydrogens is 350 g/mol. The lowest BCUT2D eigenvalue weighted by atomic mass is 9.92. The molecule has 3 aromatic rings. The van der Waals surface area contributed by atoms with E-state index >= 15 is 0 Å². The van der Waals surface area contributed by atoms with Crippen LogP contribution in [0.2, 0.25) is 0 Å². The lowest BCUT2D eigenvalue weighted by molar-refractivity contribution is 0.376. The van der Waals surface area contributed by atoms with Gasteiger partial charge in [-0.15, -0.1) is 0 Å². The van der Waals surface area contributed by atoms with Crippen molar-refractivity contribution in [3.63, 3.8) is 0 Å². The number of aliphatic imine (C=N–C) groups is 1. The van der Waals surface area contributed by atoms with Gasteiger partial charge in [-0.1, -0.05) is 65.8 Å². The summed E-state index contributed by atoms with van der Waals surface area (Å²) in [7, 11) is 0. The largest absolute Gasteiger partial charge is 0.357 e. The molecule has 0 saturated carbocycles. The number of rotatable bonds is 8. The molecule has 0 saturated heterocycles. The summed E-state index contributed by atoms with van der Waals surface area (Å²) >= 11 is 0. The Morgan fingerprint density at radius 3 is 2.39 bits per heavy atom. The van der Waals surface area contributed by atoms with E-state index < -0.39 is 0 Å². The molecule has 2 aromatic carbocycles. The molecule has 0 aliphatic carbocycles. The Morgan fingerprint density at radius 2 is 1.75 bits per heavy atom. The minimum atomic E-state index is 0.332. The zero-order chi connectivity index (χ0) is 19.6. The van der Waals surface area contributed by atoms with Crippen molar-refractivity contribution in [3.8, 4) is 0 Å². The maximum atomic E-state index is 5.14. The van der Waals surface area contributed by atoms with Gasteiger partial charge in [-0.3, -0.25) is 0 Å². The predicted octanol–water partition coefficient (Wildman–Crippen LogP) is 3.46. The molecule has 3 rings (SSSR count). The van der Waals surface area contributed by atoms with E-state index in [1.54, 1.807) is 6.92 Å². The topological polar surface area (TPSA) is 75.3 Å². The summed E-state index contributed by atoms with van der Waals surface area (Å²) in [5.41, 5.74) is 2.63. The molecule has 6 heteroatoms. The summed E-state index contributed by atoms with van der Waals surface area (Å²) in [5, 5.41) is 10.6. The van der Waals surface area contributed by atoms with Gasteiger partial charge in [-0.2, -0.15) is 4.98 Å². The average Bonchev–Trinajstić information content (AvgIpc) is 3.15. The molecule has 1 atom stereocenters. The van der Waals surface area contributed by atoms with Crippen LogP contribution in [0.5, 0.6) is 0 Å². The van der Waals surface area contributed by atoms with E-state index in [2.05, 4.69) is 86.4 Å². The van der Waals surface area contributed by atoms with E-state index in [0.29, 0.717) is 24.2 Å². The molecule has 146 valence electrons. The summed E-state index contributed by atoms with van der Waals surface area (Å²) in [4.78, 5) is 8.77. The fourth-order valence-corrected chi connectivity index (χ4v) is 3.04. The number of nitrogens with one attached hydrogen (secondary N) is 2. The van der Waals surface area contributed by atoms with Gasteiger partial charge in [0, 0.05) is 19.0 Å². The summed E-state index contributed by atoms with van der Waals surface area (Å²) in [6.45, 7) is 5.75. The van der Waals surface area contributed by atoms with Gasteiger partial charge in [0.1, 0.15) is 6.54 Å². The summed E-state index contributed by atoms with van der Waals surface area (Å²) in [5.74, 6) is 2.21. The highest BCUT2D eigenvalue weighted by Gasteiger charge is 2.13. The second-order valence-electron chi connectivity index (χ2n) is 6.61. The van der Waals surface area contributed by atoms with E-state index in [1.165, 1.54) is 11.1 Å². The third kappa shape index (κ3) is 5.94. The van der Waals surface area contributed by atoms with E-state index in [0.717, 1.165) is 25.5 Å². The molecule has 1 unspecified atom stereocenters. The van der Waals surface area contributed by atoms with Gasteiger partial charge in [0.25, 0.3) is 0 Å². The maximum Gasteiger partial charge on any atom is 0.248 e. The van der Waals surface area contributed by atoms with Crippen LogP contribution in [-0.2, 0) is 13.0 Å². The van der Waals surface area contributed by atoms with Crippen LogP contribution < -0.4 is 10.6 Å². The van der Waals surface area contributed by atoms with Gasteiger partial charge < -0.3 is 15.2 Å². The Kier molecular flexibility index (Phi) is 7.18. The minimum absolute atomic E-state index is 0.332. The quantitative estimate of drug-likeness (QED) is 0.464. The number of guanidine groups is 1. The second kappa shape index (κ2) is 10.3. The molecule has 2 N–H and O–H groups in total. The molecule has 0 aliphatic heterocycles. The molecule has 0 amide bonds. The van der Waals surface area contributed by atoms with Gasteiger partial charge in [-0.05, 0) is 31.4 Å². The van der Waals surface area contributed by atoms with Crippen molar-refractivity contribution in [1.29, 1.82) is 0 Å². The van der Waals surface area contributed by atoms with Gasteiger partial charge in [-0.25, -0.2) is 4.99 Å². The Bertz CT molecular complexity index is 861. The van der Waals surface area contributed by atoms with Crippen molar-refractivity contribution >= 4 is 5.96 Å². The van der Waals surface area contributed by atoms with Gasteiger partial charge >= 0.3 is 0 Å². The first-order chi connectivity index (χ1) is 13.7. The Morgan fingerprint density at radius 1 is 1.04 bits per heavy atom. The predicted molar refractivity (Wildman–Crippen MR) is 111 cm³/mol. The molecule has 6 nitrogen and oxygen atoms in total. The molecule has 1 heterocycles. The Balaban J connectivity index is 1.69. The van der Waals surface area contributed by atoms with Crippen LogP contribution in [0.1, 0.15) is 35.7 Å². The first kappa shape index (κ1) is 19.6. The van der Waals surface area contributed by atoms with Crippen LogP contribution in [0, 0.1) is 6.92 Å². The third-order valence-corrected chi connectivity index (χ3v) is 4.40. The van der Waals surface area contributed by atoms with Crippen LogP contribution in [0.3, 0.4) is 0 Å². The fourth-order valence-electron chi connectivity index (χ4n) is 3.04. The monoisotopic (exact) mass is 377 g/mol. The number of aryl methyl sites for hydroxylation is 1. The second-order valence-corrected chi connectivity index (χ2v) is 6.61. The van der Waals surface area contributed by atoms with Crippen LogP contribution >= 0.6 is 0 Å². The number of hydrogen-bond donors (Lipinski definition) is 2. The zero-order valence-electron chi connectivity index (χ0n) is 16.4. The summed E-state index contributed by atoms with van der Waals surface area (Å²) in [6, 6.07) is 21.2. The van der Waals surface area contributed by atoms with Crippen molar-refractivity contribution in [2.45, 2.75) is 32.7 Å². The Hall–Kier alpha value is -3.15. The molecule has 0 aliphatic rings. The summed E-state index contributed by atoms with van der Waals surface area (Å²) < 4.78 is 5.14. The van der Waals surface area contributed by atoms with Crippen molar-refractivity contribution in [3.05, 3.63) is 83.5 Å². The van der Waals surface area contributed by atoms with Crippen LogP contribution in [0.4, 0.5) is 0 Å². The van der Waals surface area contributed by atoms with E-state index in [1.807, 2.05) is 6.92 Å². The van der Waals surface area contributed by atoms with Crippen molar-refractivity contribution in [1.82, 2.24) is 20.8 Å². The smallest absolute Gasteiger partial charge is 0.248 e. The van der Waals surface area contributed by atoms with Crippen LogP contribution in [-0.4, -0.2) is 29.2 Å². The molecule has 1 aromatic heterocycles. The van der Waals surface area contributed by atoms with Crippen molar-refractivity contribution in [2.75, 3.05) is 13.1 Å². The Labute approximate surface area is 166 Å². The molecule has 0 fully saturated rings. The van der Waals surface area contributed by atoms with E-state index in [9.17, 15) is 0 Å². The van der Waals surface area contributed by atoms with Crippen LogP contribution in [0.25, 0.3) is 0 Å². The molecule has 28 heavy (non-hydrogen) atoms. The first-order valence-corrected chi connectivity index (χ1v) is 9.65. The molecular formula is C22H27N5O. The van der Waals surface area contributed by atoms with Gasteiger partial charge in [0.2, 0.25) is 5.89 Å². The van der Waals surface area contributed by atoms with E-state index in [4.69, 9.17) is 4.52 Å². The van der Waals surface area contributed by atoms with Gasteiger partial charge in [0.15, 0.2) is 11.8 Å². The molecule has 0 spiro atoms. The minimum Gasteiger partial charge on any atom is -0.357 e. The standard InChI is InChI=1S/C22H27N5O/c1-3-23-22(25-16-21-26-17(2)27-28-21)24-15-20(19-12-8-5-9-13-19)14-18-10-6-4-7-11-18/h4-13,20H,3,14-16H2,1-2H3,(H2,23,24,25). The number of benzene rings is 2. The highest BCUT2D eigenvalue weighted by Crippen LogP contribution is 2.20. The van der Waals surface area contributed by atoms with E-state index in [-0.39, 0.29) is 0 Å². The first-order valence-electron chi connectivity index (χ1n) is 9.65. The van der Waals surface area contributed by atoms with Gasteiger partial charge in [0.05, 0.1) is 0 Å². The zero-order valence-corrected chi connectivity index (χ0v) is 16.4. The maximum absolute atomic E-state index is 5.14. The number of hydrogen-bond acceptors (Lipinski definition) is 4. The third-order valence-electron chi connectivity index (χ3n) is 4.40. The van der Waals surface area contributed by atoms with Crippen molar-refractivity contribution < 1.29 is 4.52 Å². The molecule has 0 radical (unpaired) electrons. The van der Waals surface area contributed by atoms with Crippen molar-refractivity contribution in [2.24, 2.45) is 4.99 Å². The lowest BCUT2D eigenvalue weighted by Crippen LogP contribution is -2.39. The summed E-state index contributed by atoms with van der Waals surface area (Å²) in [6.07, 6.45) is 0.958. The normalized spacial score (nSPS) is 12.6. The fraction of sp³-hybridized carbons (Fsp3) is 0.318. The SMILES string of the molecule is CCNC(=NCc1nc(C)no1)NCC(Cc1ccccc1)c1ccccc1. The number of aromatic nitrogens is 2. The number of nitrogens with zero attached hydrogens (tertiary/aromatic N) is 3. The van der Waals surface area contributed by atoms with Crippen LogP contribution in [0.15, 0.2) is 70.2 Å².